The normalized spacial score (nSPS) is 13.2. The third-order valence-electron chi connectivity index (χ3n) is 3.18. The maximum atomic E-state index is 10.6. The Kier molecular flexibility index (Phi) is 4.73. The summed E-state index contributed by atoms with van der Waals surface area (Å²) >= 11 is 0. The molecule has 0 aliphatic carbocycles. The van der Waals surface area contributed by atoms with E-state index in [1.54, 1.807) is 7.11 Å². The molecule has 0 heterocycles. The van der Waals surface area contributed by atoms with Crippen molar-refractivity contribution in [3.8, 4) is 5.75 Å². The van der Waals surface area contributed by atoms with E-state index in [0.29, 0.717) is 12.3 Å². The van der Waals surface area contributed by atoms with Crippen LogP contribution in [0.5, 0.6) is 5.75 Å². The lowest BCUT2D eigenvalue weighted by Crippen LogP contribution is -2.15. The van der Waals surface area contributed by atoms with Crippen LogP contribution in [0.15, 0.2) is 24.3 Å². The summed E-state index contributed by atoms with van der Waals surface area (Å²) in [5.41, 5.74) is 1.37. The summed E-state index contributed by atoms with van der Waals surface area (Å²) in [7, 11) is 1.67. The summed E-state index contributed by atoms with van der Waals surface area (Å²) in [6.45, 7) is 6.48. The lowest BCUT2D eigenvalue weighted by atomic mass is 9.79. The fraction of sp³-hybridized carbons (Fsp3) is 0.533. The van der Waals surface area contributed by atoms with Gasteiger partial charge in [0.15, 0.2) is 0 Å². The Labute approximate surface area is 104 Å². The summed E-state index contributed by atoms with van der Waals surface area (Å²) < 4.78 is 5.14. The fourth-order valence-electron chi connectivity index (χ4n) is 2.19. The third kappa shape index (κ3) is 4.22. The zero-order chi connectivity index (χ0) is 12.9. The van der Waals surface area contributed by atoms with Gasteiger partial charge in [-0.3, -0.25) is 0 Å². The van der Waals surface area contributed by atoms with E-state index >= 15 is 0 Å². The first-order chi connectivity index (χ1) is 7.98. The van der Waals surface area contributed by atoms with Gasteiger partial charge in [-0.25, -0.2) is 0 Å². The van der Waals surface area contributed by atoms with E-state index < -0.39 is 0 Å². The summed E-state index contributed by atoms with van der Waals surface area (Å²) in [6.07, 6.45) is 2.65. The number of carbonyl (C=O) groups excluding carboxylic acids is 1. The average Bonchev–Trinajstić information content (AvgIpc) is 2.28. The summed E-state index contributed by atoms with van der Waals surface area (Å²) in [6, 6.07) is 8.16. The average molecular weight is 234 g/mol. The topological polar surface area (TPSA) is 26.3 Å². The molecule has 0 amide bonds. The van der Waals surface area contributed by atoms with Gasteiger partial charge in [0.1, 0.15) is 12.0 Å². The first kappa shape index (κ1) is 13.8. The highest BCUT2D eigenvalue weighted by Gasteiger charge is 2.21. The number of benzene rings is 1. The minimum Gasteiger partial charge on any atom is -0.497 e. The van der Waals surface area contributed by atoms with E-state index in [-0.39, 0.29) is 5.41 Å². The Bertz CT molecular complexity index is 352. The number of hydrogen-bond acceptors (Lipinski definition) is 2. The molecule has 1 rings (SSSR count). The molecular formula is C15H22O2. The van der Waals surface area contributed by atoms with Gasteiger partial charge in [-0.1, -0.05) is 32.9 Å². The van der Waals surface area contributed by atoms with E-state index in [1.165, 1.54) is 5.56 Å². The molecule has 1 aromatic carbocycles. The van der Waals surface area contributed by atoms with Gasteiger partial charge >= 0.3 is 0 Å². The van der Waals surface area contributed by atoms with Crippen LogP contribution in [0.4, 0.5) is 0 Å². The van der Waals surface area contributed by atoms with Crippen LogP contribution in [0, 0.1) is 5.41 Å². The molecule has 0 saturated heterocycles. The molecule has 0 aromatic heterocycles. The number of ether oxygens (including phenoxy) is 1. The van der Waals surface area contributed by atoms with Crippen LogP contribution in [-0.4, -0.2) is 13.4 Å². The lowest BCUT2D eigenvalue weighted by molar-refractivity contribution is -0.109. The quantitative estimate of drug-likeness (QED) is 0.700. The van der Waals surface area contributed by atoms with Crippen molar-refractivity contribution in [3.05, 3.63) is 29.8 Å². The Morgan fingerprint density at radius 1 is 1.29 bits per heavy atom. The molecule has 94 valence electrons. The zero-order valence-corrected chi connectivity index (χ0v) is 11.2. The van der Waals surface area contributed by atoms with Gasteiger partial charge in [0.05, 0.1) is 7.11 Å². The summed E-state index contributed by atoms with van der Waals surface area (Å²) in [4.78, 5) is 10.6. The fourth-order valence-corrected chi connectivity index (χ4v) is 2.19. The second-order valence-corrected chi connectivity index (χ2v) is 5.41. The van der Waals surface area contributed by atoms with Crippen molar-refractivity contribution in [1.29, 1.82) is 0 Å². The molecule has 1 aromatic rings. The first-order valence-electron chi connectivity index (χ1n) is 6.06. The Morgan fingerprint density at radius 2 is 1.88 bits per heavy atom. The molecule has 0 saturated carbocycles. The molecule has 2 heteroatoms. The zero-order valence-electron chi connectivity index (χ0n) is 11.2. The van der Waals surface area contributed by atoms with Crippen LogP contribution in [0.25, 0.3) is 0 Å². The molecular weight excluding hydrogens is 212 g/mol. The van der Waals surface area contributed by atoms with Crippen molar-refractivity contribution in [2.75, 3.05) is 7.11 Å². The second-order valence-electron chi connectivity index (χ2n) is 5.41. The van der Waals surface area contributed by atoms with Gasteiger partial charge in [0, 0.05) is 6.42 Å². The van der Waals surface area contributed by atoms with Gasteiger partial charge in [-0.15, -0.1) is 0 Å². The molecule has 2 nitrogen and oxygen atoms in total. The van der Waals surface area contributed by atoms with Gasteiger partial charge in [0.2, 0.25) is 0 Å². The van der Waals surface area contributed by atoms with Crippen LogP contribution in [-0.2, 0) is 4.79 Å². The maximum absolute atomic E-state index is 10.6. The lowest BCUT2D eigenvalue weighted by Gasteiger charge is -2.26. The predicted molar refractivity (Wildman–Crippen MR) is 70.5 cm³/mol. The van der Waals surface area contributed by atoms with E-state index in [1.807, 2.05) is 12.1 Å². The van der Waals surface area contributed by atoms with Crippen molar-refractivity contribution >= 4 is 6.29 Å². The molecule has 1 atom stereocenters. The molecule has 0 N–H and O–H groups in total. The highest BCUT2D eigenvalue weighted by Crippen LogP contribution is 2.33. The third-order valence-corrected chi connectivity index (χ3v) is 3.18. The van der Waals surface area contributed by atoms with Crippen LogP contribution in [0.1, 0.15) is 45.1 Å². The summed E-state index contributed by atoms with van der Waals surface area (Å²) in [5.74, 6) is 1.34. The maximum Gasteiger partial charge on any atom is 0.120 e. The number of rotatable bonds is 6. The van der Waals surface area contributed by atoms with E-state index in [2.05, 4.69) is 32.9 Å². The highest BCUT2D eigenvalue weighted by atomic mass is 16.5. The molecule has 0 bridgehead atoms. The van der Waals surface area contributed by atoms with Crippen molar-refractivity contribution < 1.29 is 9.53 Å². The Morgan fingerprint density at radius 3 is 2.35 bits per heavy atom. The molecule has 0 radical (unpaired) electrons. The van der Waals surface area contributed by atoms with E-state index in [9.17, 15) is 4.79 Å². The summed E-state index contributed by atoms with van der Waals surface area (Å²) in [5, 5.41) is 0. The molecule has 0 aliphatic heterocycles. The van der Waals surface area contributed by atoms with Crippen molar-refractivity contribution in [2.45, 2.75) is 39.5 Å². The standard InChI is InChI=1S/C15H22O2/c1-12(11-15(2,3)9-10-16)13-5-7-14(17-4)8-6-13/h5-8,10,12H,9,11H2,1-4H3. The SMILES string of the molecule is COc1ccc(C(C)CC(C)(C)CC=O)cc1. The number of methoxy groups -OCH3 is 1. The molecule has 0 fully saturated rings. The molecule has 1 unspecified atom stereocenters. The molecule has 0 spiro atoms. The Balaban J connectivity index is 2.68. The minimum absolute atomic E-state index is 0.0705. The van der Waals surface area contributed by atoms with Crippen LogP contribution in [0.3, 0.4) is 0 Å². The van der Waals surface area contributed by atoms with E-state index in [0.717, 1.165) is 18.5 Å². The number of hydrogen-bond donors (Lipinski definition) is 0. The smallest absolute Gasteiger partial charge is 0.120 e. The Hall–Kier alpha value is -1.31. The van der Waals surface area contributed by atoms with Gasteiger partial charge in [0.25, 0.3) is 0 Å². The van der Waals surface area contributed by atoms with Crippen molar-refractivity contribution in [1.82, 2.24) is 0 Å². The van der Waals surface area contributed by atoms with Crippen molar-refractivity contribution in [3.63, 3.8) is 0 Å². The number of carbonyl (C=O) groups is 1. The number of aldehydes is 1. The largest absolute Gasteiger partial charge is 0.497 e. The molecule has 0 aliphatic rings. The van der Waals surface area contributed by atoms with Crippen LogP contribution < -0.4 is 4.74 Å². The van der Waals surface area contributed by atoms with Crippen molar-refractivity contribution in [2.24, 2.45) is 5.41 Å². The first-order valence-corrected chi connectivity index (χ1v) is 6.06. The van der Waals surface area contributed by atoms with Gasteiger partial charge < -0.3 is 9.53 Å². The molecule has 17 heavy (non-hydrogen) atoms. The highest BCUT2D eigenvalue weighted by molar-refractivity contribution is 5.50. The van der Waals surface area contributed by atoms with Crippen LogP contribution in [0.2, 0.25) is 0 Å². The monoisotopic (exact) mass is 234 g/mol. The van der Waals surface area contributed by atoms with Crippen LogP contribution >= 0.6 is 0 Å². The van der Waals surface area contributed by atoms with Gasteiger partial charge in [-0.05, 0) is 35.4 Å². The van der Waals surface area contributed by atoms with E-state index in [4.69, 9.17) is 4.74 Å². The van der Waals surface area contributed by atoms with Gasteiger partial charge in [-0.2, -0.15) is 0 Å². The second kappa shape index (κ2) is 5.85. The minimum atomic E-state index is 0.0705. The predicted octanol–water partition coefficient (Wildman–Crippen LogP) is 3.80.